The van der Waals surface area contributed by atoms with E-state index in [9.17, 15) is 4.79 Å². The second kappa shape index (κ2) is 9.74. The van der Waals surface area contributed by atoms with Crippen molar-refractivity contribution in [1.82, 2.24) is 15.3 Å². The lowest BCUT2D eigenvalue weighted by molar-refractivity contribution is 0.0932. The molecule has 0 atom stereocenters. The van der Waals surface area contributed by atoms with Crippen LogP contribution < -0.4 is 10.6 Å². The van der Waals surface area contributed by atoms with Gasteiger partial charge in [0.2, 0.25) is 0 Å². The van der Waals surface area contributed by atoms with Crippen molar-refractivity contribution >= 4 is 11.7 Å². The fourth-order valence-electron chi connectivity index (χ4n) is 2.22. The van der Waals surface area contributed by atoms with Crippen LogP contribution in [0, 0.1) is 5.92 Å². The van der Waals surface area contributed by atoms with E-state index < -0.39 is 0 Å². The number of anilines is 1. The van der Waals surface area contributed by atoms with E-state index >= 15 is 0 Å². The van der Waals surface area contributed by atoms with Crippen molar-refractivity contribution < 1.29 is 9.53 Å². The summed E-state index contributed by atoms with van der Waals surface area (Å²) >= 11 is 0. The number of nitrogens with one attached hydrogen (secondary N) is 2. The number of methoxy groups -OCH3 is 1. The molecule has 6 nitrogen and oxygen atoms in total. The summed E-state index contributed by atoms with van der Waals surface area (Å²) in [6, 6.07) is 11.3. The molecular weight excluding hydrogens is 316 g/mol. The van der Waals surface area contributed by atoms with Crippen LogP contribution in [0.3, 0.4) is 0 Å². The monoisotopic (exact) mass is 342 g/mol. The number of carbonyl (C=O) groups is 1. The second-order valence-electron chi connectivity index (χ2n) is 6.19. The Bertz CT molecular complexity index is 674. The van der Waals surface area contributed by atoms with Gasteiger partial charge in [0.15, 0.2) is 5.82 Å². The summed E-state index contributed by atoms with van der Waals surface area (Å²) in [5, 5.41) is 6.09. The molecule has 1 heterocycles. The molecule has 0 fully saturated rings. The van der Waals surface area contributed by atoms with Crippen LogP contribution in [0.5, 0.6) is 0 Å². The fourth-order valence-corrected chi connectivity index (χ4v) is 2.22. The van der Waals surface area contributed by atoms with Crippen molar-refractivity contribution in [2.24, 2.45) is 5.92 Å². The lowest BCUT2D eigenvalue weighted by Crippen LogP contribution is -2.28. The van der Waals surface area contributed by atoms with Gasteiger partial charge in [0.25, 0.3) is 5.91 Å². The summed E-state index contributed by atoms with van der Waals surface area (Å²) in [6.07, 6.45) is 1.03. The van der Waals surface area contributed by atoms with Gasteiger partial charge in [-0.1, -0.05) is 44.2 Å². The molecule has 0 aliphatic carbocycles. The first-order valence-electron chi connectivity index (χ1n) is 8.55. The molecule has 1 aromatic heterocycles. The first kappa shape index (κ1) is 18.9. The molecule has 0 bridgehead atoms. The molecule has 1 aromatic carbocycles. The Balaban J connectivity index is 2.23. The van der Waals surface area contributed by atoms with Crippen molar-refractivity contribution in [1.29, 1.82) is 0 Å². The molecule has 2 rings (SSSR count). The second-order valence-corrected chi connectivity index (χ2v) is 6.19. The number of rotatable bonds is 9. The summed E-state index contributed by atoms with van der Waals surface area (Å²) in [7, 11) is 1.60. The topological polar surface area (TPSA) is 76.1 Å². The lowest BCUT2D eigenvalue weighted by Gasteiger charge is -2.11. The molecular formula is C19H26N4O2. The summed E-state index contributed by atoms with van der Waals surface area (Å²) < 4.78 is 4.96. The molecule has 0 spiro atoms. The van der Waals surface area contributed by atoms with Gasteiger partial charge < -0.3 is 15.4 Å². The van der Waals surface area contributed by atoms with E-state index in [1.54, 1.807) is 13.2 Å². The van der Waals surface area contributed by atoms with Crippen LogP contribution in [0.2, 0.25) is 0 Å². The number of aromatic nitrogens is 2. The predicted octanol–water partition coefficient (Wildman–Crippen LogP) is 2.98. The highest BCUT2D eigenvalue weighted by atomic mass is 16.5. The van der Waals surface area contributed by atoms with Crippen LogP contribution in [-0.4, -0.2) is 42.7 Å². The normalized spacial score (nSPS) is 10.7. The Morgan fingerprint density at radius 2 is 1.92 bits per heavy atom. The third-order valence-corrected chi connectivity index (χ3v) is 3.61. The van der Waals surface area contributed by atoms with E-state index in [-0.39, 0.29) is 5.91 Å². The smallest absolute Gasteiger partial charge is 0.270 e. The molecule has 0 aliphatic rings. The molecule has 25 heavy (non-hydrogen) atoms. The minimum absolute atomic E-state index is 0.233. The van der Waals surface area contributed by atoms with Gasteiger partial charge in [-0.3, -0.25) is 4.79 Å². The number of ether oxygens (including phenoxy) is 1. The average molecular weight is 342 g/mol. The molecule has 134 valence electrons. The van der Waals surface area contributed by atoms with E-state index in [1.807, 2.05) is 30.3 Å². The molecule has 0 unspecified atom stereocenters. The molecule has 2 aromatic rings. The molecule has 0 saturated carbocycles. The first-order valence-corrected chi connectivity index (χ1v) is 8.55. The van der Waals surface area contributed by atoms with Gasteiger partial charge in [-0.25, -0.2) is 9.97 Å². The first-order chi connectivity index (χ1) is 12.1. The van der Waals surface area contributed by atoms with Crippen molar-refractivity contribution in [2.75, 3.05) is 32.1 Å². The van der Waals surface area contributed by atoms with Crippen molar-refractivity contribution in [2.45, 2.75) is 20.3 Å². The number of benzene rings is 1. The van der Waals surface area contributed by atoms with E-state index in [4.69, 9.17) is 4.74 Å². The Hall–Kier alpha value is -2.47. The van der Waals surface area contributed by atoms with Gasteiger partial charge in [0, 0.05) is 31.8 Å². The highest BCUT2D eigenvalue weighted by Crippen LogP contribution is 2.18. The largest absolute Gasteiger partial charge is 0.383 e. The van der Waals surface area contributed by atoms with Gasteiger partial charge in [-0.2, -0.15) is 0 Å². The zero-order valence-electron chi connectivity index (χ0n) is 15.1. The summed E-state index contributed by atoms with van der Waals surface area (Å²) in [5.41, 5.74) is 1.22. The Labute approximate surface area is 149 Å². The van der Waals surface area contributed by atoms with Gasteiger partial charge in [-0.15, -0.1) is 0 Å². The van der Waals surface area contributed by atoms with Crippen LogP contribution in [0.25, 0.3) is 11.4 Å². The minimum Gasteiger partial charge on any atom is -0.383 e. The maximum Gasteiger partial charge on any atom is 0.270 e. The predicted molar refractivity (Wildman–Crippen MR) is 99.6 cm³/mol. The SMILES string of the molecule is COCCNC(=O)c1cc(NCCC(C)C)nc(-c2ccccc2)n1. The lowest BCUT2D eigenvalue weighted by atomic mass is 10.1. The van der Waals surface area contributed by atoms with Crippen LogP contribution in [-0.2, 0) is 4.74 Å². The third-order valence-electron chi connectivity index (χ3n) is 3.61. The van der Waals surface area contributed by atoms with E-state index in [1.165, 1.54) is 0 Å². The van der Waals surface area contributed by atoms with Gasteiger partial charge >= 0.3 is 0 Å². The highest BCUT2D eigenvalue weighted by molar-refractivity contribution is 5.93. The summed E-state index contributed by atoms with van der Waals surface area (Å²) in [5.74, 6) is 1.56. The molecule has 0 radical (unpaired) electrons. The van der Waals surface area contributed by atoms with Gasteiger partial charge in [0.05, 0.1) is 6.61 Å². The third kappa shape index (κ3) is 6.15. The minimum atomic E-state index is -0.233. The van der Waals surface area contributed by atoms with E-state index in [0.29, 0.717) is 36.4 Å². The van der Waals surface area contributed by atoms with Crippen molar-refractivity contribution in [3.05, 3.63) is 42.1 Å². The molecule has 6 heteroatoms. The molecule has 0 saturated heterocycles. The van der Waals surface area contributed by atoms with Crippen LogP contribution in [0.15, 0.2) is 36.4 Å². The van der Waals surface area contributed by atoms with Crippen molar-refractivity contribution in [3.63, 3.8) is 0 Å². The zero-order chi connectivity index (χ0) is 18.1. The standard InChI is InChI=1S/C19H26N4O2/c1-14(2)9-10-20-17-13-16(19(24)21-11-12-25-3)22-18(23-17)15-7-5-4-6-8-15/h4-8,13-14H,9-12H2,1-3H3,(H,21,24)(H,20,22,23). The summed E-state index contributed by atoms with van der Waals surface area (Å²) in [6.45, 7) is 6.04. The number of nitrogens with zero attached hydrogens (tertiary/aromatic N) is 2. The van der Waals surface area contributed by atoms with Crippen molar-refractivity contribution in [3.8, 4) is 11.4 Å². The van der Waals surface area contributed by atoms with E-state index in [2.05, 4.69) is 34.4 Å². The van der Waals surface area contributed by atoms with E-state index in [0.717, 1.165) is 18.5 Å². The zero-order valence-corrected chi connectivity index (χ0v) is 15.1. The molecule has 1 amide bonds. The number of hydrogen-bond acceptors (Lipinski definition) is 5. The highest BCUT2D eigenvalue weighted by Gasteiger charge is 2.13. The number of amides is 1. The number of carbonyl (C=O) groups excluding carboxylic acids is 1. The van der Waals surface area contributed by atoms with Crippen LogP contribution in [0.4, 0.5) is 5.82 Å². The Morgan fingerprint density at radius 3 is 2.60 bits per heavy atom. The Kier molecular flexibility index (Phi) is 7.35. The summed E-state index contributed by atoms with van der Waals surface area (Å²) in [4.78, 5) is 21.3. The van der Waals surface area contributed by atoms with Gasteiger partial charge in [-0.05, 0) is 12.3 Å². The average Bonchev–Trinajstić information content (AvgIpc) is 2.62. The van der Waals surface area contributed by atoms with Crippen LogP contribution >= 0.6 is 0 Å². The van der Waals surface area contributed by atoms with Gasteiger partial charge in [0.1, 0.15) is 11.5 Å². The molecule has 2 N–H and O–H groups in total. The maximum absolute atomic E-state index is 12.4. The number of hydrogen-bond donors (Lipinski definition) is 2. The maximum atomic E-state index is 12.4. The van der Waals surface area contributed by atoms with Crippen LogP contribution in [0.1, 0.15) is 30.8 Å². The quantitative estimate of drug-likeness (QED) is 0.685. The molecule has 0 aliphatic heterocycles. The Morgan fingerprint density at radius 1 is 1.16 bits per heavy atom. The fraction of sp³-hybridized carbons (Fsp3) is 0.421.